The van der Waals surface area contributed by atoms with Gasteiger partial charge in [0.05, 0.1) is 19.2 Å². The van der Waals surface area contributed by atoms with Crippen LogP contribution < -0.4 is 5.32 Å². The summed E-state index contributed by atoms with van der Waals surface area (Å²) in [6.45, 7) is 5.55. The molecule has 0 aromatic carbocycles. The monoisotopic (exact) mass is 321 g/mol. The fraction of sp³-hybridized carbons (Fsp3) is 0.889. The Kier molecular flexibility index (Phi) is 7.84. The molecule has 1 saturated heterocycles. The third-order valence-corrected chi connectivity index (χ3v) is 5.09. The van der Waals surface area contributed by atoms with Crippen LogP contribution in [0.2, 0.25) is 0 Å². The van der Waals surface area contributed by atoms with Crippen molar-refractivity contribution in [2.24, 2.45) is 11.8 Å². The van der Waals surface area contributed by atoms with Gasteiger partial charge in [0.25, 0.3) is 0 Å². The Morgan fingerprint density at radius 2 is 2.04 bits per heavy atom. The lowest BCUT2D eigenvalue weighted by atomic mass is 9.88. The lowest BCUT2D eigenvalue weighted by Gasteiger charge is -2.37. The molecule has 1 N–H and O–H groups in total. The molecule has 2 unspecified atom stereocenters. The molecule has 0 amide bonds. The molecule has 5 heteroatoms. The topological polar surface area (TPSA) is 65.4 Å². The Balaban J connectivity index is 1.81. The molecule has 1 aliphatic heterocycles. The molecule has 5 nitrogen and oxygen atoms in total. The summed E-state index contributed by atoms with van der Waals surface area (Å²) < 4.78 is 5.09. The van der Waals surface area contributed by atoms with E-state index in [2.05, 4.69) is 16.3 Å². The highest BCUT2D eigenvalue weighted by molar-refractivity contribution is 5.69. The largest absolute Gasteiger partial charge is 0.466 e. The molecule has 1 saturated carbocycles. The van der Waals surface area contributed by atoms with Crippen LogP contribution in [0.15, 0.2) is 0 Å². The van der Waals surface area contributed by atoms with Gasteiger partial charge < -0.3 is 10.1 Å². The summed E-state index contributed by atoms with van der Waals surface area (Å²) in [6, 6.07) is 2.63. The smallest absolute Gasteiger partial charge is 0.306 e. The van der Waals surface area contributed by atoms with E-state index >= 15 is 0 Å². The maximum atomic E-state index is 11.8. The van der Waals surface area contributed by atoms with Crippen molar-refractivity contribution in [3.05, 3.63) is 0 Å². The van der Waals surface area contributed by atoms with Gasteiger partial charge in [0, 0.05) is 25.6 Å². The minimum atomic E-state index is -0.109. The number of nitrogens with one attached hydrogen (secondary N) is 1. The summed E-state index contributed by atoms with van der Waals surface area (Å²) in [6.07, 6.45) is 8.27. The molecule has 0 bridgehead atoms. The molecule has 130 valence electrons. The molecule has 0 aromatic rings. The van der Waals surface area contributed by atoms with E-state index in [1.54, 1.807) is 0 Å². The predicted octanol–water partition coefficient (Wildman–Crippen LogP) is 2.32. The zero-order valence-corrected chi connectivity index (χ0v) is 14.4. The second-order valence-corrected chi connectivity index (χ2v) is 7.07. The predicted molar refractivity (Wildman–Crippen MR) is 89.8 cm³/mol. The molecule has 23 heavy (non-hydrogen) atoms. The SMILES string of the molecule is CCOC(=O)CC1CC(NCC2CCCCC2)CN(CC#N)C1. The zero-order valence-electron chi connectivity index (χ0n) is 14.4. The first-order valence-electron chi connectivity index (χ1n) is 9.19. The normalized spacial score (nSPS) is 26.6. The Morgan fingerprint density at radius 1 is 1.26 bits per heavy atom. The van der Waals surface area contributed by atoms with Gasteiger partial charge in [-0.3, -0.25) is 9.69 Å². The zero-order chi connectivity index (χ0) is 16.5. The molecule has 2 rings (SSSR count). The highest BCUT2D eigenvalue weighted by atomic mass is 16.5. The molecule has 2 atom stereocenters. The van der Waals surface area contributed by atoms with Gasteiger partial charge in [-0.05, 0) is 44.6 Å². The van der Waals surface area contributed by atoms with Gasteiger partial charge in [-0.15, -0.1) is 0 Å². The van der Waals surface area contributed by atoms with Crippen LogP contribution in [0.25, 0.3) is 0 Å². The van der Waals surface area contributed by atoms with Crippen molar-refractivity contribution in [1.82, 2.24) is 10.2 Å². The molecular weight excluding hydrogens is 290 g/mol. The fourth-order valence-corrected chi connectivity index (χ4v) is 4.01. The van der Waals surface area contributed by atoms with Crippen LogP contribution in [-0.4, -0.2) is 49.7 Å². The Hall–Kier alpha value is -1.12. The first kappa shape index (κ1) is 18.2. The van der Waals surface area contributed by atoms with Crippen LogP contribution in [0.5, 0.6) is 0 Å². The van der Waals surface area contributed by atoms with Crippen molar-refractivity contribution in [3.63, 3.8) is 0 Å². The maximum absolute atomic E-state index is 11.8. The molecule has 0 radical (unpaired) electrons. The van der Waals surface area contributed by atoms with Gasteiger partial charge in [0.2, 0.25) is 0 Å². The number of piperidine rings is 1. The summed E-state index contributed by atoms with van der Waals surface area (Å²) in [5.41, 5.74) is 0. The Morgan fingerprint density at radius 3 is 2.74 bits per heavy atom. The van der Waals surface area contributed by atoms with Crippen LogP contribution >= 0.6 is 0 Å². The van der Waals surface area contributed by atoms with Crippen molar-refractivity contribution < 1.29 is 9.53 Å². The summed E-state index contributed by atoms with van der Waals surface area (Å²) in [5, 5.41) is 12.7. The molecule has 2 aliphatic rings. The number of nitrogens with zero attached hydrogens (tertiary/aromatic N) is 2. The third-order valence-electron chi connectivity index (χ3n) is 5.09. The minimum absolute atomic E-state index is 0.109. The van der Waals surface area contributed by atoms with E-state index in [4.69, 9.17) is 10.00 Å². The highest BCUT2D eigenvalue weighted by Gasteiger charge is 2.29. The molecule has 2 fully saturated rings. The number of ether oxygens (including phenoxy) is 1. The summed E-state index contributed by atoms with van der Waals surface area (Å²) in [5.74, 6) is 0.987. The summed E-state index contributed by atoms with van der Waals surface area (Å²) >= 11 is 0. The maximum Gasteiger partial charge on any atom is 0.306 e. The lowest BCUT2D eigenvalue weighted by Crippen LogP contribution is -2.50. The molecule has 1 heterocycles. The van der Waals surface area contributed by atoms with Crippen molar-refractivity contribution in [1.29, 1.82) is 5.26 Å². The second kappa shape index (κ2) is 9.89. The van der Waals surface area contributed by atoms with Crippen LogP contribution in [0.3, 0.4) is 0 Å². The number of likely N-dealkylation sites (tertiary alicyclic amines) is 1. The average Bonchev–Trinajstić information content (AvgIpc) is 2.54. The van der Waals surface area contributed by atoms with Gasteiger partial charge >= 0.3 is 5.97 Å². The Bertz CT molecular complexity index is 402. The number of rotatable bonds is 7. The highest BCUT2D eigenvalue weighted by Crippen LogP contribution is 2.24. The quantitative estimate of drug-likeness (QED) is 0.576. The van der Waals surface area contributed by atoms with Crippen molar-refractivity contribution >= 4 is 5.97 Å². The van der Waals surface area contributed by atoms with E-state index in [1.165, 1.54) is 32.1 Å². The molecule has 1 aliphatic carbocycles. The van der Waals surface area contributed by atoms with Gasteiger partial charge in [0.15, 0.2) is 0 Å². The van der Waals surface area contributed by atoms with Gasteiger partial charge in [-0.1, -0.05) is 19.3 Å². The standard InChI is InChI=1S/C18H31N3O2/c1-2-23-18(22)11-16-10-17(14-21(13-16)9-8-19)20-12-15-6-4-3-5-7-15/h15-17,20H,2-7,9-14H2,1H3. The number of carbonyl (C=O) groups is 1. The summed E-state index contributed by atoms with van der Waals surface area (Å²) in [7, 11) is 0. The molecule has 0 spiro atoms. The second-order valence-electron chi connectivity index (χ2n) is 7.07. The summed E-state index contributed by atoms with van der Waals surface area (Å²) in [4.78, 5) is 13.9. The van der Waals surface area contributed by atoms with E-state index < -0.39 is 0 Å². The fourth-order valence-electron chi connectivity index (χ4n) is 4.01. The van der Waals surface area contributed by atoms with Crippen LogP contribution in [0, 0.1) is 23.2 Å². The van der Waals surface area contributed by atoms with Gasteiger partial charge in [-0.25, -0.2) is 0 Å². The number of hydrogen-bond acceptors (Lipinski definition) is 5. The third kappa shape index (κ3) is 6.48. The minimum Gasteiger partial charge on any atom is -0.466 e. The average molecular weight is 321 g/mol. The van der Waals surface area contributed by atoms with E-state index in [-0.39, 0.29) is 5.97 Å². The van der Waals surface area contributed by atoms with Crippen LogP contribution in [-0.2, 0) is 9.53 Å². The van der Waals surface area contributed by atoms with Crippen LogP contribution in [0.4, 0.5) is 0 Å². The number of carbonyl (C=O) groups excluding carboxylic acids is 1. The number of esters is 1. The van der Waals surface area contributed by atoms with E-state index in [9.17, 15) is 4.79 Å². The van der Waals surface area contributed by atoms with Crippen molar-refractivity contribution in [2.45, 2.75) is 57.9 Å². The van der Waals surface area contributed by atoms with E-state index in [0.29, 0.717) is 31.5 Å². The van der Waals surface area contributed by atoms with E-state index in [0.717, 1.165) is 32.0 Å². The Labute approximate surface area is 140 Å². The molecular formula is C18H31N3O2. The molecule has 0 aromatic heterocycles. The number of hydrogen-bond donors (Lipinski definition) is 1. The van der Waals surface area contributed by atoms with Gasteiger partial charge in [0.1, 0.15) is 0 Å². The number of nitriles is 1. The van der Waals surface area contributed by atoms with Crippen LogP contribution in [0.1, 0.15) is 51.9 Å². The van der Waals surface area contributed by atoms with E-state index in [1.807, 2.05) is 6.92 Å². The lowest BCUT2D eigenvalue weighted by molar-refractivity contribution is -0.144. The van der Waals surface area contributed by atoms with Crippen molar-refractivity contribution in [3.8, 4) is 6.07 Å². The van der Waals surface area contributed by atoms with Gasteiger partial charge in [-0.2, -0.15) is 5.26 Å². The van der Waals surface area contributed by atoms with Crippen molar-refractivity contribution in [2.75, 3.05) is 32.8 Å². The first-order valence-corrected chi connectivity index (χ1v) is 9.19. The first-order chi connectivity index (χ1) is 11.2.